The summed E-state index contributed by atoms with van der Waals surface area (Å²) in [5.41, 5.74) is 0. The number of rotatable bonds is 9. The molecule has 0 bridgehead atoms. The van der Waals surface area contributed by atoms with Crippen molar-refractivity contribution in [3.63, 3.8) is 0 Å². The predicted octanol–water partition coefficient (Wildman–Crippen LogP) is 4.37. The third kappa shape index (κ3) is 12.9. The standard InChI is InChI=1S/C14H24O2/c1-3-4-5-6-7-8-9-10-11-12-13-16-14(2)15/h5-6,12-13H,3-4,7-11H2,1-2H3. The molecule has 0 unspecified atom stereocenters. The van der Waals surface area contributed by atoms with Crippen molar-refractivity contribution in [1.82, 2.24) is 0 Å². The Bertz CT molecular complexity index is 217. The molecular weight excluding hydrogens is 200 g/mol. The molecule has 0 aliphatic carbocycles. The molecule has 0 spiro atoms. The number of allylic oxidation sites excluding steroid dienone is 3. The first-order valence-electron chi connectivity index (χ1n) is 6.24. The molecule has 0 heterocycles. The summed E-state index contributed by atoms with van der Waals surface area (Å²) in [6.07, 6.45) is 16.2. The van der Waals surface area contributed by atoms with Crippen LogP contribution in [0.15, 0.2) is 24.5 Å². The number of ether oxygens (including phenoxy) is 1. The first-order chi connectivity index (χ1) is 7.77. The van der Waals surface area contributed by atoms with Crippen LogP contribution < -0.4 is 0 Å². The van der Waals surface area contributed by atoms with E-state index in [4.69, 9.17) is 0 Å². The van der Waals surface area contributed by atoms with Gasteiger partial charge in [0.15, 0.2) is 0 Å². The van der Waals surface area contributed by atoms with Gasteiger partial charge in [0.05, 0.1) is 6.26 Å². The molecule has 92 valence electrons. The first-order valence-corrected chi connectivity index (χ1v) is 6.24. The molecule has 0 aromatic heterocycles. The molecule has 0 saturated carbocycles. The minimum absolute atomic E-state index is 0.252. The van der Waals surface area contributed by atoms with E-state index in [1.807, 2.05) is 6.08 Å². The van der Waals surface area contributed by atoms with Crippen LogP contribution in [0.2, 0.25) is 0 Å². The van der Waals surface area contributed by atoms with E-state index < -0.39 is 0 Å². The summed E-state index contributed by atoms with van der Waals surface area (Å²) in [7, 11) is 0. The van der Waals surface area contributed by atoms with Gasteiger partial charge < -0.3 is 4.74 Å². The molecule has 0 atom stereocenters. The fraction of sp³-hybridized carbons (Fsp3) is 0.643. The summed E-state index contributed by atoms with van der Waals surface area (Å²) in [5, 5.41) is 0. The van der Waals surface area contributed by atoms with Crippen LogP contribution in [-0.4, -0.2) is 5.97 Å². The highest BCUT2D eigenvalue weighted by atomic mass is 16.5. The van der Waals surface area contributed by atoms with Crippen molar-refractivity contribution in [2.24, 2.45) is 0 Å². The van der Waals surface area contributed by atoms with Crippen molar-refractivity contribution in [2.75, 3.05) is 0 Å². The number of carbonyl (C=O) groups is 1. The summed E-state index contributed by atoms with van der Waals surface area (Å²) < 4.78 is 4.68. The van der Waals surface area contributed by atoms with E-state index in [-0.39, 0.29) is 5.97 Å². The average molecular weight is 224 g/mol. The van der Waals surface area contributed by atoms with Gasteiger partial charge in [0.25, 0.3) is 0 Å². The number of esters is 1. The maximum Gasteiger partial charge on any atom is 0.307 e. The molecule has 0 aromatic carbocycles. The Kier molecular flexibility index (Phi) is 11.2. The van der Waals surface area contributed by atoms with Gasteiger partial charge in [-0.15, -0.1) is 0 Å². The minimum Gasteiger partial charge on any atom is -0.435 e. The maximum atomic E-state index is 10.4. The highest BCUT2D eigenvalue weighted by molar-refractivity contribution is 5.66. The molecular formula is C14H24O2. The van der Waals surface area contributed by atoms with E-state index in [1.54, 1.807) is 0 Å². The topological polar surface area (TPSA) is 26.3 Å². The highest BCUT2D eigenvalue weighted by Gasteiger charge is 1.87. The van der Waals surface area contributed by atoms with Crippen LogP contribution in [-0.2, 0) is 9.53 Å². The van der Waals surface area contributed by atoms with Gasteiger partial charge in [-0.05, 0) is 38.2 Å². The number of unbranched alkanes of at least 4 members (excludes halogenated alkanes) is 5. The van der Waals surface area contributed by atoms with Gasteiger partial charge >= 0.3 is 5.97 Å². The Balaban J connectivity index is 3.15. The Labute approximate surface area is 99.4 Å². The molecule has 0 N–H and O–H groups in total. The lowest BCUT2D eigenvalue weighted by molar-refractivity contribution is -0.135. The van der Waals surface area contributed by atoms with Crippen LogP contribution in [0.4, 0.5) is 0 Å². The van der Waals surface area contributed by atoms with Crippen LogP contribution in [0.3, 0.4) is 0 Å². The molecule has 0 aliphatic rings. The quantitative estimate of drug-likeness (QED) is 0.251. The SMILES string of the molecule is CCCC=CCCCCCC=COC(C)=O. The number of hydrogen-bond donors (Lipinski definition) is 0. The Hall–Kier alpha value is -1.05. The molecule has 0 aliphatic heterocycles. The van der Waals surface area contributed by atoms with Crippen LogP contribution >= 0.6 is 0 Å². The zero-order valence-electron chi connectivity index (χ0n) is 10.6. The van der Waals surface area contributed by atoms with Crippen LogP contribution in [0, 0.1) is 0 Å². The van der Waals surface area contributed by atoms with Crippen molar-refractivity contribution in [2.45, 2.75) is 58.8 Å². The zero-order chi connectivity index (χ0) is 12.1. The zero-order valence-corrected chi connectivity index (χ0v) is 10.6. The fourth-order valence-electron chi connectivity index (χ4n) is 1.32. The van der Waals surface area contributed by atoms with E-state index in [0.717, 1.165) is 6.42 Å². The summed E-state index contributed by atoms with van der Waals surface area (Å²) in [6, 6.07) is 0. The predicted molar refractivity (Wildman–Crippen MR) is 68.0 cm³/mol. The molecule has 2 nitrogen and oxygen atoms in total. The summed E-state index contributed by atoms with van der Waals surface area (Å²) in [6.45, 7) is 3.60. The lowest BCUT2D eigenvalue weighted by Gasteiger charge is -1.95. The van der Waals surface area contributed by atoms with Crippen molar-refractivity contribution < 1.29 is 9.53 Å². The molecule has 0 amide bonds. The van der Waals surface area contributed by atoms with E-state index in [0.29, 0.717) is 0 Å². The Morgan fingerprint density at radius 3 is 2.25 bits per heavy atom. The van der Waals surface area contributed by atoms with Gasteiger partial charge in [-0.3, -0.25) is 4.79 Å². The van der Waals surface area contributed by atoms with E-state index >= 15 is 0 Å². The first kappa shape index (κ1) is 14.9. The summed E-state index contributed by atoms with van der Waals surface area (Å²) in [4.78, 5) is 10.4. The Morgan fingerprint density at radius 1 is 1.00 bits per heavy atom. The lowest BCUT2D eigenvalue weighted by Crippen LogP contribution is -1.89. The summed E-state index contributed by atoms with van der Waals surface area (Å²) in [5.74, 6) is -0.252. The molecule has 0 fully saturated rings. The molecule has 0 radical (unpaired) electrons. The third-order valence-corrected chi connectivity index (χ3v) is 2.19. The third-order valence-electron chi connectivity index (χ3n) is 2.19. The van der Waals surface area contributed by atoms with Crippen LogP contribution in [0.1, 0.15) is 58.8 Å². The molecule has 0 rings (SSSR count). The Morgan fingerprint density at radius 2 is 1.62 bits per heavy atom. The molecule has 2 heteroatoms. The van der Waals surface area contributed by atoms with Gasteiger partial charge in [0.1, 0.15) is 0 Å². The second kappa shape index (κ2) is 12.0. The van der Waals surface area contributed by atoms with E-state index in [1.165, 1.54) is 51.7 Å². The van der Waals surface area contributed by atoms with E-state index in [2.05, 4.69) is 23.8 Å². The van der Waals surface area contributed by atoms with Crippen LogP contribution in [0.5, 0.6) is 0 Å². The summed E-state index contributed by atoms with van der Waals surface area (Å²) >= 11 is 0. The van der Waals surface area contributed by atoms with Gasteiger partial charge in [-0.2, -0.15) is 0 Å². The number of hydrogen-bond acceptors (Lipinski definition) is 2. The second-order valence-electron chi connectivity index (χ2n) is 3.88. The van der Waals surface area contributed by atoms with E-state index in [9.17, 15) is 4.79 Å². The van der Waals surface area contributed by atoms with Crippen molar-refractivity contribution in [3.8, 4) is 0 Å². The highest BCUT2D eigenvalue weighted by Crippen LogP contribution is 2.05. The lowest BCUT2D eigenvalue weighted by atomic mass is 10.1. The second-order valence-corrected chi connectivity index (χ2v) is 3.88. The normalized spacial score (nSPS) is 11.4. The van der Waals surface area contributed by atoms with Crippen molar-refractivity contribution in [3.05, 3.63) is 24.5 Å². The van der Waals surface area contributed by atoms with Gasteiger partial charge in [-0.25, -0.2) is 0 Å². The van der Waals surface area contributed by atoms with Gasteiger partial charge in [-0.1, -0.05) is 31.9 Å². The molecule has 0 aromatic rings. The molecule has 16 heavy (non-hydrogen) atoms. The smallest absolute Gasteiger partial charge is 0.307 e. The monoisotopic (exact) mass is 224 g/mol. The fourth-order valence-corrected chi connectivity index (χ4v) is 1.32. The number of carbonyl (C=O) groups excluding carboxylic acids is 1. The maximum absolute atomic E-state index is 10.4. The van der Waals surface area contributed by atoms with Crippen LogP contribution in [0.25, 0.3) is 0 Å². The van der Waals surface area contributed by atoms with Gasteiger partial charge in [0.2, 0.25) is 0 Å². The van der Waals surface area contributed by atoms with Crippen molar-refractivity contribution in [1.29, 1.82) is 0 Å². The minimum atomic E-state index is -0.252. The average Bonchev–Trinajstić information content (AvgIpc) is 2.25. The van der Waals surface area contributed by atoms with Crippen molar-refractivity contribution >= 4 is 5.97 Å². The van der Waals surface area contributed by atoms with Gasteiger partial charge in [0, 0.05) is 6.92 Å². The largest absolute Gasteiger partial charge is 0.435 e. The molecule has 0 saturated heterocycles.